The summed E-state index contributed by atoms with van der Waals surface area (Å²) in [7, 11) is 3.17. The molecule has 0 atom stereocenters. The lowest BCUT2D eigenvalue weighted by atomic mass is 10.0. The average Bonchev–Trinajstić information content (AvgIpc) is 2.60. The highest BCUT2D eigenvalue weighted by Crippen LogP contribution is 2.23. The molecule has 6 nitrogen and oxygen atoms in total. The van der Waals surface area contributed by atoms with Gasteiger partial charge in [0, 0.05) is 38.2 Å². The monoisotopic (exact) mass is 332 g/mol. The Morgan fingerprint density at radius 3 is 2.21 bits per heavy atom. The van der Waals surface area contributed by atoms with Crippen LogP contribution in [-0.4, -0.2) is 50.1 Å². The molecule has 24 heavy (non-hydrogen) atoms. The van der Waals surface area contributed by atoms with Gasteiger partial charge in [-0.3, -0.25) is 9.59 Å². The average molecular weight is 332 g/mol. The van der Waals surface area contributed by atoms with Gasteiger partial charge in [-0.25, -0.2) is 0 Å². The molecular formula is C18H24N2O4. The minimum atomic E-state index is -0.141. The van der Waals surface area contributed by atoms with E-state index in [9.17, 15) is 9.59 Å². The van der Waals surface area contributed by atoms with E-state index in [1.54, 1.807) is 38.2 Å². The predicted octanol–water partition coefficient (Wildman–Crippen LogP) is 1.84. The highest BCUT2D eigenvalue weighted by Gasteiger charge is 2.21. The molecule has 1 fully saturated rings. The molecule has 2 amide bonds. The molecule has 130 valence electrons. The van der Waals surface area contributed by atoms with E-state index in [1.165, 1.54) is 6.08 Å². The maximum Gasteiger partial charge on any atom is 0.244 e. The van der Waals surface area contributed by atoms with Gasteiger partial charge < -0.3 is 19.7 Å². The summed E-state index contributed by atoms with van der Waals surface area (Å²) in [5.74, 6) is 1.29. The number of amides is 2. The van der Waals surface area contributed by atoms with Gasteiger partial charge in [0.15, 0.2) is 0 Å². The second-order valence-electron chi connectivity index (χ2n) is 5.77. The number of likely N-dealkylation sites (tertiary alicyclic amines) is 1. The number of nitrogens with zero attached hydrogens (tertiary/aromatic N) is 1. The smallest absolute Gasteiger partial charge is 0.244 e. The van der Waals surface area contributed by atoms with E-state index in [1.807, 2.05) is 12.1 Å². The van der Waals surface area contributed by atoms with Crippen LogP contribution in [-0.2, 0) is 9.59 Å². The quantitative estimate of drug-likeness (QED) is 0.836. The van der Waals surface area contributed by atoms with Crippen LogP contribution in [0.2, 0.25) is 0 Å². The maximum absolute atomic E-state index is 12.1. The van der Waals surface area contributed by atoms with Gasteiger partial charge in [-0.2, -0.15) is 0 Å². The third kappa shape index (κ3) is 5.01. The molecule has 0 bridgehead atoms. The fourth-order valence-corrected chi connectivity index (χ4v) is 2.69. The first-order valence-corrected chi connectivity index (χ1v) is 7.99. The molecule has 6 heteroatoms. The maximum atomic E-state index is 12.1. The Bertz CT molecular complexity index is 597. The molecule has 0 radical (unpaired) electrons. The molecular weight excluding hydrogens is 308 g/mol. The lowest BCUT2D eigenvalue weighted by Gasteiger charge is -2.31. The van der Waals surface area contributed by atoms with Crippen LogP contribution in [0, 0.1) is 0 Å². The summed E-state index contributed by atoms with van der Waals surface area (Å²) in [5, 5.41) is 2.98. The van der Waals surface area contributed by atoms with Crippen molar-refractivity contribution in [3.05, 3.63) is 29.8 Å². The molecule has 0 aliphatic carbocycles. The van der Waals surface area contributed by atoms with Crippen molar-refractivity contribution in [1.29, 1.82) is 0 Å². The van der Waals surface area contributed by atoms with Gasteiger partial charge >= 0.3 is 0 Å². The fraction of sp³-hybridized carbons (Fsp3) is 0.444. The zero-order valence-electron chi connectivity index (χ0n) is 14.4. The van der Waals surface area contributed by atoms with Crippen molar-refractivity contribution < 1.29 is 19.1 Å². The van der Waals surface area contributed by atoms with Crippen molar-refractivity contribution in [3.63, 3.8) is 0 Å². The number of methoxy groups -OCH3 is 2. The number of carbonyl (C=O) groups is 2. The molecule has 1 heterocycles. The van der Waals surface area contributed by atoms with Crippen LogP contribution < -0.4 is 14.8 Å². The van der Waals surface area contributed by atoms with Gasteiger partial charge in [0.2, 0.25) is 11.8 Å². The molecule has 1 N–H and O–H groups in total. The van der Waals surface area contributed by atoms with Crippen LogP contribution in [0.25, 0.3) is 6.08 Å². The standard InChI is InChI=1S/C18H24N2O4/c1-13(21)20-8-6-15(7-9-20)19-18(22)5-4-14-10-16(23-2)12-17(11-14)24-3/h4-5,10-12,15H,6-9H2,1-3H3,(H,19,22)/b5-4+. The topological polar surface area (TPSA) is 67.9 Å². The normalized spacial score (nSPS) is 15.4. The van der Waals surface area contributed by atoms with E-state index >= 15 is 0 Å². The summed E-state index contributed by atoms with van der Waals surface area (Å²) in [4.78, 5) is 25.2. The molecule has 1 aromatic carbocycles. The minimum Gasteiger partial charge on any atom is -0.497 e. The molecule has 1 aliphatic rings. The number of piperidine rings is 1. The Balaban J connectivity index is 1.90. The van der Waals surface area contributed by atoms with Crippen LogP contribution >= 0.6 is 0 Å². The first-order chi connectivity index (χ1) is 11.5. The third-order valence-electron chi connectivity index (χ3n) is 4.09. The second kappa shape index (κ2) is 8.38. The Kier molecular flexibility index (Phi) is 6.23. The minimum absolute atomic E-state index is 0.0895. The van der Waals surface area contributed by atoms with E-state index in [2.05, 4.69) is 5.32 Å². The highest BCUT2D eigenvalue weighted by atomic mass is 16.5. The lowest BCUT2D eigenvalue weighted by molar-refractivity contribution is -0.129. The van der Waals surface area contributed by atoms with E-state index in [0.29, 0.717) is 24.6 Å². The summed E-state index contributed by atoms with van der Waals surface area (Å²) >= 11 is 0. The third-order valence-corrected chi connectivity index (χ3v) is 4.09. The Hall–Kier alpha value is -2.50. The molecule has 0 aromatic heterocycles. The van der Waals surface area contributed by atoms with Crippen molar-refractivity contribution in [1.82, 2.24) is 10.2 Å². The van der Waals surface area contributed by atoms with Crippen LogP contribution in [0.5, 0.6) is 11.5 Å². The first kappa shape index (κ1) is 17.8. The van der Waals surface area contributed by atoms with Gasteiger partial charge in [0.25, 0.3) is 0 Å². The number of hydrogen-bond donors (Lipinski definition) is 1. The summed E-state index contributed by atoms with van der Waals surface area (Å²) in [6.45, 7) is 2.96. The Labute approximate surface area is 142 Å². The van der Waals surface area contributed by atoms with Crippen molar-refractivity contribution in [3.8, 4) is 11.5 Å². The zero-order valence-corrected chi connectivity index (χ0v) is 14.4. The number of carbonyl (C=O) groups excluding carboxylic acids is 2. The summed E-state index contributed by atoms with van der Waals surface area (Å²) in [6.07, 6.45) is 4.80. The van der Waals surface area contributed by atoms with Crippen molar-refractivity contribution in [2.45, 2.75) is 25.8 Å². The number of rotatable bonds is 5. The Morgan fingerprint density at radius 2 is 1.71 bits per heavy atom. The van der Waals surface area contributed by atoms with E-state index in [4.69, 9.17) is 9.47 Å². The summed E-state index contributed by atoms with van der Waals surface area (Å²) in [5.41, 5.74) is 0.827. The van der Waals surface area contributed by atoms with Crippen molar-refractivity contribution in [2.75, 3.05) is 27.3 Å². The van der Waals surface area contributed by atoms with Gasteiger partial charge in [-0.05, 0) is 36.6 Å². The molecule has 2 rings (SSSR count). The Morgan fingerprint density at radius 1 is 1.12 bits per heavy atom. The molecule has 0 saturated carbocycles. The molecule has 0 unspecified atom stereocenters. The second-order valence-corrected chi connectivity index (χ2v) is 5.77. The molecule has 1 saturated heterocycles. The predicted molar refractivity (Wildman–Crippen MR) is 92.0 cm³/mol. The van der Waals surface area contributed by atoms with Gasteiger partial charge in [-0.1, -0.05) is 0 Å². The van der Waals surface area contributed by atoms with Gasteiger partial charge in [0.1, 0.15) is 11.5 Å². The van der Waals surface area contributed by atoms with Crippen LogP contribution in [0.1, 0.15) is 25.3 Å². The lowest BCUT2D eigenvalue weighted by Crippen LogP contribution is -2.45. The molecule has 1 aliphatic heterocycles. The van der Waals surface area contributed by atoms with Crippen molar-refractivity contribution in [2.24, 2.45) is 0 Å². The van der Waals surface area contributed by atoms with Crippen LogP contribution in [0.15, 0.2) is 24.3 Å². The SMILES string of the molecule is COc1cc(/C=C/C(=O)NC2CCN(C(C)=O)CC2)cc(OC)c1. The van der Waals surface area contributed by atoms with E-state index in [0.717, 1.165) is 18.4 Å². The number of hydrogen-bond acceptors (Lipinski definition) is 4. The highest BCUT2D eigenvalue weighted by molar-refractivity contribution is 5.92. The molecule has 1 aromatic rings. The van der Waals surface area contributed by atoms with Crippen LogP contribution in [0.4, 0.5) is 0 Å². The summed E-state index contributed by atoms with van der Waals surface area (Å²) < 4.78 is 10.4. The fourth-order valence-electron chi connectivity index (χ4n) is 2.69. The first-order valence-electron chi connectivity index (χ1n) is 7.99. The number of nitrogens with one attached hydrogen (secondary N) is 1. The largest absolute Gasteiger partial charge is 0.497 e. The molecule has 0 spiro atoms. The van der Waals surface area contributed by atoms with Gasteiger partial charge in [0.05, 0.1) is 14.2 Å². The van der Waals surface area contributed by atoms with Crippen molar-refractivity contribution >= 4 is 17.9 Å². The van der Waals surface area contributed by atoms with Gasteiger partial charge in [-0.15, -0.1) is 0 Å². The van der Waals surface area contributed by atoms with Crippen LogP contribution in [0.3, 0.4) is 0 Å². The number of benzene rings is 1. The summed E-state index contributed by atoms with van der Waals surface area (Å²) in [6, 6.07) is 5.55. The zero-order chi connectivity index (χ0) is 17.5. The van der Waals surface area contributed by atoms with E-state index < -0.39 is 0 Å². The van der Waals surface area contributed by atoms with E-state index in [-0.39, 0.29) is 17.9 Å². The number of ether oxygens (including phenoxy) is 2.